The molecular formula is C14H12O2. The standard InChI is InChI=1S/C14H12O2/c1-9-8-13(15)16-12-7-6-10-4-2-3-5-11(10)14(9)12/h2-7,9H,8H2,1H3/t9-/m0/s1. The molecule has 0 N–H and O–H groups in total. The lowest BCUT2D eigenvalue weighted by Crippen LogP contribution is -2.18. The van der Waals surface area contributed by atoms with Gasteiger partial charge in [-0.25, -0.2) is 0 Å². The van der Waals surface area contributed by atoms with Crippen LogP contribution in [0.2, 0.25) is 0 Å². The van der Waals surface area contributed by atoms with Gasteiger partial charge in [0.25, 0.3) is 0 Å². The van der Waals surface area contributed by atoms with Gasteiger partial charge in [0.1, 0.15) is 5.75 Å². The summed E-state index contributed by atoms with van der Waals surface area (Å²) in [5.41, 5.74) is 1.16. The van der Waals surface area contributed by atoms with Gasteiger partial charge in [0.2, 0.25) is 0 Å². The molecule has 1 aliphatic rings. The third-order valence-corrected chi connectivity index (χ3v) is 3.12. The Kier molecular flexibility index (Phi) is 1.96. The lowest BCUT2D eigenvalue weighted by molar-refractivity contribution is -0.135. The number of rotatable bonds is 0. The Bertz CT molecular complexity index is 572. The number of fused-ring (bicyclic) bond motifs is 3. The summed E-state index contributed by atoms with van der Waals surface area (Å²) in [6.07, 6.45) is 0.473. The number of carbonyl (C=O) groups is 1. The van der Waals surface area contributed by atoms with E-state index in [0.717, 1.165) is 11.3 Å². The van der Waals surface area contributed by atoms with E-state index < -0.39 is 0 Å². The topological polar surface area (TPSA) is 26.3 Å². The molecule has 0 saturated carbocycles. The zero-order valence-electron chi connectivity index (χ0n) is 9.07. The Morgan fingerprint density at radius 2 is 2.00 bits per heavy atom. The molecule has 0 saturated heterocycles. The predicted octanol–water partition coefficient (Wildman–Crippen LogP) is 3.25. The van der Waals surface area contributed by atoms with Gasteiger partial charge in [-0.2, -0.15) is 0 Å². The van der Waals surface area contributed by atoms with Gasteiger partial charge in [-0.3, -0.25) is 4.79 Å². The highest BCUT2D eigenvalue weighted by atomic mass is 16.5. The first-order valence-corrected chi connectivity index (χ1v) is 5.48. The molecule has 3 rings (SSSR count). The van der Waals surface area contributed by atoms with Crippen molar-refractivity contribution in [3.8, 4) is 5.75 Å². The molecule has 0 radical (unpaired) electrons. The smallest absolute Gasteiger partial charge is 0.311 e. The number of benzene rings is 2. The highest BCUT2D eigenvalue weighted by molar-refractivity contribution is 5.91. The highest BCUT2D eigenvalue weighted by Crippen LogP contribution is 2.38. The van der Waals surface area contributed by atoms with Crippen LogP contribution in [0, 0.1) is 0 Å². The molecule has 0 unspecified atom stereocenters. The summed E-state index contributed by atoms with van der Waals surface area (Å²) in [6, 6.07) is 12.1. The normalized spacial score (nSPS) is 19.3. The number of hydrogen-bond acceptors (Lipinski definition) is 2. The molecule has 0 aromatic heterocycles. The van der Waals surface area contributed by atoms with Crippen LogP contribution in [0.25, 0.3) is 10.8 Å². The SMILES string of the molecule is C[C@H]1CC(=O)Oc2ccc3ccccc3c21. The molecular weight excluding hydrogens is 200 g/mol. The third kappa shape index (κ3) is 1.30. The maximum Gasteiger partial charge on any atom is 0.311 e. The summed E-state index contributed by atoms with van der Waals surface area (Å²) in [5.74, 6) is 0.833. The van der Waals surface area contributed by atoms with Gasteiger partial charge in [-0.15, -0.1) is 0 Å². The molecule has 0 spiro atoms. The zero-order valence-corrected chi connectivity index (χ0v) is 9.07. The van der Waals surface area contributed by atoms with Crippen LogP contribution in [0.5, 0.6) is 5.75 Å². The molecule has 16 heavy (non-hydrogen) atoms. The summed E-state index contributed by atoms with van der Waals surface area (Å²) in [4.78, 5) is 11.4. The summed E-state index contributed by atoms with van der Waals surface area (Å²) in [5, 5.41) is 2.39. The van der Waals surface area contributed by atoms with Crippen LogP contribution in [0.15, 0.2) is 36.4 Å². The average Bonchev–Trinajstić information content (AvgIpc) is 2.28. The fourth-order valence-corrected chi connectivity index (χ4v) is 2.39. The fourth-order valence-electron chi connectivity index (χ4n) is 2.39. The van der Waals surface area contributed by atoms with Crippen LogP contribution in [0.3, 0.4) is 0 Å². The molecule has 0 fully saturated rings. The Morgan fingerprint density at radius 1 is 1.19 bits per heavy atom. The van der Waals surface area contributed by atoms with Gasteiger partial charge in [0.15, 0.2) is 0 Å². The molecule has 2 nitrogen and oxygen atoms in total. The Morgan fingerprint density at radius 3 is 2.88 bits per heavy atom. The van der Waals surface area contributed by atoms with Gasteiger partial charge in [0.05, 0.1) is 6.42 Å². The van der Waals surface area contributed by atoms with E-state index in [-0.39, 0.29) is 11.9 Å². The van der Waals surface area contributed by atoms with Gasteiger partial charge in [-0.05, 0) is 22.8 Å². The van der Waals surface area contributed by atoms with E-state index in [0.29, 0.717) is 6.42 Å². The van der Waals surface area contributed by atoms with Crippen LogP contribution in [0.1, 0.15) is 24.8 Å². The third-order valence-electron chi connectivity index (χ3n) is 3.12. The van der Waals surface area contributed by atoms with Crippen molar-refractivity contribution in [2.24, 2.45) is 0 Å². The van der Waals surface area contributed by atoms with Crippen molar-refractivity contribution in [2.75, 3.05) is 0 Å². The van der Waals surface area contributed by atoms with E-state index in [1.807, 2.05) is 24.3 Å². The van der Waals surface area contributed by atoms with Crippen LogP contribution >= 0.6 is 0 Å². The van der Waals surface area contributed by atoms with E-state index in [2.05, 4.69) is 19.1 Å². The van der Waals surface area contributed by atoms with Crippen molar-refractivity contribution in [3.63, 3.8) is 0 Å². The summed E-state index contributed by atoms with van der Waals surface area (Å²) in [6.45, 7) is 2.08. The second kappa shape index (κ2) is 3.34. The second-order valence-electron chi connectivity index (χ2n) is 4.28. The number of esters is 1. The van der Waals surface area contributed by atoms with Crippen LogP contribution < -0.4 is 4.74 Å². The van der Waals surface area contributed by atoms with Gasteiger partial charge < -0.3 is 4.74 Å². The molecule has 0 amide bonds. The largest absolute Gasteiger partial charge is 0.426 e. The van der Waals surface area contributed by atoms with E-state index in [9.17, 15) is 4.79 Å². The molecule has 1 atom stereocenters. The van der Waals surface area contributed by atoms with Crippen molar-refractivity contribution in [2.45, 2.75) is 19.3 Å². The van der Waals surface area contributed by atoms with Crippen molar-refractivity contribution in [1.29, 1.82) is 0 Å². The first kappa shape index (κ1) is 9.40. The minimum absolute atomic E-state index is 0.129. The van der Waals surface area contributed by atoms with Crippen molar-refractivity contribution >= 4 is 16.7 Å². The lowest BCUT2D eigenvalue weighted by Gasteiger charge is -2.23. The van der Waals surface area contributed by atoms with E-state index in [1.165, 1.54) is 10.8 Å². The maximum absolute atomic E-state index is 11.4. The summed E-state index contributed by atoms with van der Waals surface area (Å²) in [7, 11) is 0. The van der Waals surface area contributed by atoms with E-state index in [1.54, 1.807) is 0 Å². The van der Waals surface area contributed by atoms with Crippen LogP contribution in [-0.2, 0) is 4.79 Å². The fraction of sp³-hybridized carbons (Fsp3) is 0.214. The molecule has 1 heterocycles. The minimum atomic E-state index is -0.129. The van der Waals surface area contributed by atoms with Crippen LogP contribution in [-0.4, -0.2) is 5.97 Å². The maximum atomic E-state index is 11.4. The number of hydrogen-bond donors (Lipinski definition) is 0. The van der Waals surface area contributed by atoms with Crippen molar-refractivity contribution in [3.05, 3.63) is 42.0 Å². The predicted molar refractivity (Wildman–Crippen MR) is 62.6 cm³/mol. The monoisotopic (exact) mass is 212 g/mol. The first-order chi connectivity index (χ1) is 7.75. The molecule has 2 aromatic carbocycles. The van der Waals surface area contributed by atoms with Gasteiger partial charge >= 0.3 is 5.97 Å². The molecule has 80 valence electrons. The molecule has 2 aromatic rings. The number of ether oxygens (including phenoxy) is 1. The van der Waals surface area contributed by atoms with Gasteiger partial charge in [0, 0.05) is 5.56 Å². The summed E-state index contributed by atoms with van der Waals surface area (Å²) >= 11 is 0. The summed E-state index contributed by atoms with van der Waals surface area (Å²) < 4.78 is 5.27. The molecule has 1 aliphatic heterocycles. The average molecular weight is 212 g/mol. The quantitative estimate of drug-likeness (QED) is 0.495. The zero-order chi connectivity index (χ0) is 11.1. The molecule has 2 heteroatoms. The van der Waals surface area contributed by atoms with E-state index in [4.69, 9.17) is 4.74 Å². The minimum Gasteiger partial charge on any atom is -0.426 e. The Labute approximate surface area is 93.8 Å². The van der Waals surface area contributed by atoms with Gasteiger partial charge in [-0.1, -0.05) is 37.3 Å². The Balaban J connectivity index is 2.33. The number of carbonyl (C=O) groups excluding carboxylic acids is 1. The molecule has 0 aliphatic carbocycles. The van der Waals surface area contributed by atoms with E-state index >= 15 is 0 Å². The van der Waals surface area contributed by atoms with Crippen molar-refractivity contribution in [1.82, 2.24) is 0 Å². The Hall–Kier alpha value is -1.83. The lowest BCUT2D eigenvalue weighted by atomic mass is 9.90. The molecule has 0 bridgehead atoms. The highest BCUT2D eigenvalue weighted by Gasteiger charge is 2.25. The second-order valence-corrected chi connectivity index (χ2v) is 4.28. The van der Waals surface area contributed by atoms with Crippen molar-refractivity contribution < 1.29 is 9.53 Å². The van der Waals surface area contributed by atoms with Crippen LogP contribution in [0.4, 0.5) is 0 Å². The first-order valence-electron chi connectivity index (χ1n) is 5.48.